The zero-order valence-electron chi connectivity index (χ0n) is 13.9. The molecule has 4 nitrogen and oxygen atoms in total. The van der Waals surface area contributed by atoms with Gasteiger partial charge in [0.2, 0.25) is 0 Å². The fourth-order valence-electron chi connectivity index (χ4n) is 3.50. The van der Waals surface area contributed by atoms with Crippen LogP contribution in [0.2, 0.25) is 0 Å². The number of hydrogen-bond donors (Lipinski definition) is 1. The molecular weight excluding hydrogens is 341 g/mol. The summed E-state index contributed by atoms with van der Waals surface area (Å²) in [6, 6.07) is 8.63. The Labute approximate surface area is 148 Å². The molecular formula is C19H17F3N4. The summed E-state index contributed by atoms with van der Waals surface area (Å²) in [5.41, 5.74) is 7.95. The number of aromatic nitrogens is 2. The number of fused-ring (bicyclic) bond motifs is 1. The van der Waals surface area contributed by atoms with Gasteiger partial charge in [0.05, 0.1) is 17.2 Å². The van der Waals surface area contributed by atoms with Gasteiger partial charge in [-0.3, -0.25) is 4.98 Å². The lowest BCUT2D eigenvalue weighted by atomic mass is 9.85. The number of hydrogen-bond acceptors (Lipinski definition) is 4. The Morgan fingerprint density at radius 3 is 2.50 bits per heavy atom. The Kier molecular flexibility index (Phi) is 4.24. The molecule has 3 aromatic rings. The molecule has 0 saturated carbocycles. The zero-order chi connectivity index (χ0) is 18.3. The van der Waals surface area contributed by atoms with Gasteiger partial charge in [0.25, 0.3) is 0 Å². The standard InChI is InChI=1S/C19H17F3N4/c20-13-8-15(22)14(21)7-12(13)11-5-6-26(10-16(11)23)19-9-24-17-3-1-2-4-18(17)25-19/h1-4,7-9,11,16H,5-6,10,23H2/t11-,16+/m1/s1. The first kappa shape index (κ1) is 16.8. The van der Waals surface area contributed by atoms with Gasteiger partial charge in [-0.25, -0.2) is 18.2 Å². The first-order valence-corrected chi connectivity index (χ1v) is 8.39. The molecule has 0 unspecified atom stereocenters. The van der Waals surface area contributed by atoms with Crippen molar-refractivity contribution in [1.29, 1.82) is 0 Å². The lowest BCUT2D eigenvalue weighted by Gasteiger charge is -2.37. The molecule has 134 valence electrons. The predicted molar refractivity (Wildman–Crippen MR) is 93.4 cm³/mol. The van der Waals surface area contributed by atoms with Crippen molar-refractivity contribution in [3.63, 3.8) is 0 Å². The van der Waals surface area contributed by atoms with Gasteiger partial charge in [0.15, 0.2) is 11.6 Å². The monoisotopic (exact) mass is 358 g/mol. The van der Waals surface area contributed by atoms with E-state index < -0.39 is 23.5 Å². The van der Waals surface area contributed by atoms with Crippen molar-refractivity contribution in [2.45, 2.75) is 18.4 Å². The van der Waals surface area contributed by atoms with Gasteiger partial charge in [-0.2, -0.15) is 0 Å². The number of benzene rings is 2. The number of para-hydroxylation sites is 2. The second kappa shape index (κ2) is 6.57. The van der Waals surface area contributed by atoms with Crippen LogP contribution in [0.25, 0.3) is 11.0 Å². The number of halogens is 3. The van der Waals surface area contributed by atoms with Crippen LogP contribution in [0, 0.1) is 17.5 Å². The first-order chi connectivity index (χ1) is 12.5. The van der Waals surface area contributed by atoms with Gasteiger partial charge < -0.3 is 10.6 Å². The minimum absolute atomic E-state index is 0.126. The molecule has 26 heavy (non-hydrogen) atoms. The van der Waals surface area contributed by atoms with E-state index in [1.807, 2.05) is 29.2 Å². The summed E-state index contributed by atoms with van der Waals surface area (Å²) in [5, 5.41) is 0. The van der Waals surface area contributed by atoms with E-state index in [0.717, 1.165) is 17.1 Å². The highest BCUT2D eigenvalue weighted by Crippen LogP contribution is 2.32. The van der Waals surface area contributed by atoms with E-state index in [4.69, 9.17) is 5.73 Å². The maximum Gasteiger partial charge on any atom is 0.161 e. The van der Waals surface area contributed by atoms with Crippen LogP contribution in [-0.4, -0.2) is 29.1 Å². The van der Waals surface area contributed by atoms with Gasteiger partial charge in [-0.1, -0.05) is 12.1 Å². The van der Waals surface area contributed by atoms with Gasteiger partial charge in [0.1, 0.15) is 11.6 Å². The lowest BCUT2D eigenvalue weighted by molar-refractivity contribution is 0.416. The summed E-state index contributed by atoms with van der Waals surface area (Å²) < 4.78 is 40.8. The Hall–Kier alpha value is -2.67. The number of nitrogens with zero attached hydrogens (tertiary/aromatic N) is 3. The van der Waals surface area contributed by atoms with Crippen LogP contribution in [0.1, 0.15) is 17.9 Å². The molecule has 0 aliphatic carbocycles. The van der Waals surface area contributed by atoms with E-state index in [9.17, 15) is 13.2 Å². The second-order valence-corrected chi connectivity index (χ2v) is 6.51. The molecule has 1 saturated heterocycles. The lowest BCUT2D eigenvalue weighted by Crippen LogP contribution is -2.48. The largest absolute Gasteiger partial charge is 0.354 e. The highest BCUT2D eigenvalue weighted by atomic mass is 19.2. The minimum atomic E-state index is -1.19. The van der Waals surface area contributed by atoms with Crippen LogP contribution < -0.4 is 10.6 Å². The number of piperidine rings is 1. The Balaban J connectivity index is 1.57. The smallest absolute Gasteiger partial charge is 0.161 e. The summed E-state index contributed by atoms with van der Waals surface area (Å²) in [5.74, 6) is -2.69. The van der Waals surface area contributed by atoms with Crippen molar-refractivity contribution in [3.05, 3.63) is 65.6 Å². The summed E-state index contributed by atoms with van der Waals surface area (Å²) in [6.07, 6.45) is 2.20. The molecule has 2 aromatic carbocycles. The molecule has 4 rings (SSSR count). The van der Waals surface area contributed by atoms with Crippen LogP contribution in [0.3, 0.4) is 0 Å². The summed E-state index contributed by atoms with van der Waals surface area (Å²) in [6.45, 7) is 1.000. The molecule has 0 spiro atoms. The van der Waals surface area contributed by atoms with Crippen molar-refractivity contribution < 1.29 is 13.2 Å². The van der Waals surface area contributed by atoms with Crippen LogP contribution in [-0.2, 0) is 0 Å². The second-order valence-electron chi connectivity index (χ2n) is 6.51. The van der Waals surface area contributed by atoms with Crippen molar-refractivity contribution in [2.75, 3.05) is 18.0 Å². The van der Waals surface area contributed by atoms with Crippen LogP contribution in [0.5, 0.6) is 0 Å². The molecule has 2 atom stereocenters. The Morgan fingerprint density at radius 1 is 1.00 bits per heavy atom. The Bertz CT molecular complexity index is 963. The third-order valence-corrected chi connectivity index (χ3v) is 4.86. The molecule has 1 aliphatic rings. The van der Waals surface area contributed by atoms with Gasteiger partial charge in [-0.15, -0.1) is 0 Å². The van der Waals surface area contributed by atoms with Crippen molar-refractivity contribution >= 4 is 16.9 Å². The van der Waals surface area contributed by atoms with Crippen LogP contribution >= 0.6 is 0 Å². The van der Waals surface area contributed by atoms with Crippen LogP contribution in [0.4, 0.5) is 19.0 Å². The minimum Gasteiger partial charge on any atom is -0.354 e. The fraction of sp³-hybridized carbons (Fsp3) is 0.263. The number of rotatable bonds is 2. The first-order valence-electron chi connectivity index (χ1n) is 8.39. The van der Waals surface area contributed by atoms with Crippen molar-refractivity contribution in [3.8, 4) is 0 Å². The number of anilines is 1. The van der Waals surface area contributed by atoms with E-state index in [2.05, 4.69) is 9.97 Å². The summed E-state index contributed by atoms with van der Waals surface area (Å²) in [4.78, 5) is 11.0. The van der Waals surface area contributed by atoms with E-state index in [-0.39, 0.29) is 11.5 Å². The average molecular weight is 358 g/mol. The maximum absolute atomic E-state index is 14.1. The fourth-order valence-corrected chi connectivity index (χ4v) is 3.50. The molecule has 1 fully saturated rings. The molecule has 2 N–H and O–H groups in total. The molecule has 7 heteroatoms. The summed E-state index contributed by atoms with van der Waals surface area (Å²) >= 11 is 0. The molecule has 0 radical (unpaired) electrons. The SMILES string of the molecule is N[C@H]1CN(c2cnc3ccccc3n2)CC[C@@H]1c1cc(F)c(F)cc1F. The third kappa shape index (κ3) is 2.99. The highest BCUT2D eigenvalue weighted by molar-refractivity contribution is 5.75. The van der Waals surface area contributed by atoms with E-state index in [1.54, 1.807) is 6.20 Å². The number of nitrogens with two attached hydrogens (primary N) is 1. The van der Waals surface area contributed by atoms with Gasteiger partial charge in [0, 0.05) is 31.1 Å². The summed E-state index contributed by atoms with van der Waals surface area (Å²) in [7, 11) is 0. The van der Waals surface area contributed by atoms with Gasteiger partial charge in [-0.05, 0) is 30.2 Å². The average Bonchev–Trinajstić information content (AvgIpc) is 2.64. The molecule has 0 amide bonds. The van der Waals surface area contributed by atoms with Gasteiger partial charge >= 0.3 is 0 Å². The quantitative estimate of drug-likeness (QED) is 0.714. The van der Waals surface area contributed by atoms with E-state index >= 15 is 0 Å². The molecule has 2 heterocycles. The maximum atomic E-state index is 14.1. The third-order valence-electron chi connectivity index (χ3n) is 4.86. The van der Waals surface area contributed by atoms with Crippen molar-refractivity contribution in [1.82, 2.24) is 9.97 Å². The zero-order valence-corrected chi connectivity index (χ0v) is 13.9. The highest BCUT2D eigenvalue weighted by Gasteiger charge is 2.31. The predicted octanol–water partition coefficient (Wildman–Crippen LogP) is 3.37. The molecule has 1 aromatic heterocycles. The topological polar surface area (TPSA) is 55.0 Å². The molecule has 1 aliphatic heterocycles. The van der Waals surface area contributed by atoms with Crippen LogP contribution in [0.15, 0.2) is 42.6 Å². The van der Waals surface area contributed by atoms with E-state index in [0.29, 0.717) is 31.4 Å². The Morgan fingerprint density at radius 2 is 1.73 bits per heavy atom. The van der Waals surface area contributed by atoms with Crippen molar-refractivity contribution in [2.24, 2.45) is 5.73 Å². The normalized spacial score (nSPS) is 20.5. The molecule has 0 bridgehead atoms. The van der Waals surface area contributed by atoms with E-state index in [1.165, 1.54) is 0 Å².